The lowest BCUT2D eigenvalue weighted by atomic mass is 10.1. The van der Waals surface area contributed by atoms with Gasteiger partial charge in [-0.15, -0.1) is 0 Å². The van der Waals surface area contributed by atoms with Gasteiger partial charge in [-0.2, -0.15) is 8.78 Å². The Bertz CT molecular complexity index is 1080. The molecular formula is C22H18ClF2NO4. The molecule has 0 saturated heterocycles. The van der Waals surface area contributed by atoms with Gasteiger partial charge in [0, 0.05) is 27.7 Å². The third-order valence-corrected chi connectivity index (χ3v) is 4.68. The number of alkyl halides is 2. The third-order valence-electron chi connectivity index (χ3n) is 4.45. The zero-order valence-corrected chi connectivity index (χ0v) is 17.0. The standard InChI is InChI=1S/C22H18ClF2NO4/c1-13-10-19(20(27)12-29-21(28)15-4-3-5-16(23)11-15)14(2)26(13)17-6-8-18(9-7-17)30-22(24)25/h3-11,22H,12H2,1-2H3. The van der Waals surface area contributed by atoms with E-state index in [4.69, 9.17) is 16.3 Å². The van der Waals surface area contributed by atoms with Gasteiger partial charge in [0.2, 0.25) is 5.78 Å². The van der Waals surface area contributed by atoms with Crippen LogP contribution < -0.4 is 4.74 Å². The predicted molar refractivity (Wildman–Crippen MR) is 108 cm³/mol. The Morgan fingerprint density at radius 3 is 2.40 bits per heavy atom. The first kappa shape index (κ1) is 21.5. The molecule has 3 rings (SSSR count). The van der Waals surface area contributed by atoms with Crippen LogP contribution >= 0.6 is 11.6 Å². The van der Waals surface area contributed by atoms with Gasteiger partial charge in [-0.05, 0) is 62.4 Å². The third kappa shape index (κ3) is 4.86. The van der Waals surface area contributed by atoms with Crippen molar-refractivity contribution in [1.82, 2.24) is 4.57 Å². The van der Waals surface area contributed by atoms with Gasteiger partial charge in [0.15, 0.2) is 6.61 Å². The highest BCUT2D eigenvalue weighted by atomic mass is 35.5. The largest absolute Gasteiger partial charge is 0.454 e. The average molecular weight is 434 g/mol. The van der Waals surface area contributed by atoms with E-state index in [9.17, 15) is 18.4 Å². The molecule has 8 heteroatoms. The maximum absolute atomic E-state index is 12.6. The van der Waals surface area contributed by atoms with Crippen molar-refractivity contribution in [3.05, 3.63) is 82.1 Å². The van der Waals surface area contributed by atoms with Crippen LogP contribution in [0, 0.1) is 13.8 Å². The fourth-order valence-corrected chi connectivity index (χ4v) is 3.32. The zero-order chi connectivity index (χ0) is 21.8. The number of hydrogen-bond acceptors (Lipinski definition) is 4. The molecule has 0 aliphatic heterocycles. The summed E-state index contributed by atoms with van der Waals surface area (Å²) in [5.74, 6) is -0.961. The van der Waals surface area contributed by atoms with Gasteiger partial charge < -0.3 is 14.0 Å². The number of Topliss-reactive ketones (excluding diaryl/α,β-unsaturated/α-hetero) is 1. The SMILES string of the molecule is Cc1cc(C(=O)COC(=O)c2cccc(Cl)c2)c(C)n1-c1ccc(OC(F)F)cc1. The Balaban J connectivity index is 1.74. The van der Waals surface area contributed by atoms with Crippen LogP contribution in [-0.4, -0.2) is 29.5 Å². The first-order chi connectivity index (χ1) is 14.3. The summed E-state index contributed by atoms with van der Waals surface area (Å²) in [4.78, 5) is 24.7. The van der Waals surface area contributed by atoms with Crippen LogP contribution in [0.4, 0.5) is 8.78 Å². The Kier molecular flexibility index (Phi) is 6.52. The highest BCUT2D eigenvalue weighted by Crippen LogP contribution is 2.24. The van der Waals surface area contributed by atoms with Crippen LogP contribution in [0.5, 0.6) is 5.75 Å². The lowest BCUT2D eigenvalue weighted by Crippen LogP contribution is -2.15. The monoisotopic (exact) mass is 433 g/mol. The molecular weight excluding hydrogens is 416 g/mol. The maximum atomic E-state index is 12.6. The summed E-state index contributed by atoms with van der Waals surface area (Å²) < 4.78 is 35.9. The molecule has 0 saturated carbocycles. The Labute approximate surface area is 176 Å². The summed E-state index contributed by atoms with van der Waals surface area (Å²) in [5, 5.41) is 0.393. The quantitative estimate of drug-likeness (QED) is 0.370. The van der Waals surface area contributed by atoms with Gasteiger partial charge in [-0.1, -0.05) is 17.7 Å². The number of ketones is 1. The average Bonchev–Trinajstić information content (AvgIpc) is 3.00. The van der Waals surface area contributed by atoms with E-state index in [1.54, 1.807) is 47.9 Å². The van der Waals surface area contributed by atoms with Crippen LogP contribution in [0.3, 0.4) is 0 Å². The molecule has 0 aliphatic carbocycles. The van der Waals surface area contributed by atoms with Crippen molar-refractivity contribution in [2.75, 3.05) is 6.61 Å². The molecule has 0 radical (unpaired) electrons. The minimum atomic E-state index is -2.90. The van der Waals surface area contributed by atoms with E-state index in [-0.39, 0.29) is 17.1 Å². The highest BCUT2D eigenvalue weighted by Gasteiger charge is 2.19. The fraction of sp³-hybridized carbons (Fsp3) is 0.182. The topological polar surface area (TPSA) is 57.5 Å². The molecule has 0 fully saturated rings. The number of aromatic nitrogens is 1. The molecule has 0 unspecified atom stereocenters. The number of benzene rings is 2. The van der Waals surface area contributed by atoms with Crippen molar-refractivity contribution in [2.24, 2.45) is 0 Å². The minimum absolute atomic E-state index is 0.0421. The van der Waals surface area contributed by atoms with Crippen LogP contribution in [0.25, 0.3) is 5.69 Å². The summed E-state index contributed by atoms with van der Waals surface area (Å²) in [6.45, 7) is 0.245. The van der Waals surface area contributed by atoms with Gasteiger partial charge in [-0.3, -0.25) is 4.79 Å². The number of halogens is 3. The number of hydrogen-bond donors (Lipinski definition) is 0. The van der Waals surface area contributed by atoms with E-state index in [0.29, 0.717) is 22.0 Å². The predicted octanol–water partition coefficient (Wildman–Crippen LogP) is 5.39. The summed E-state index contributed by atoms with van der Waals surface area (Å²) >= 11 is 5.86. The molecule has 0 N–H and O–H groups in total. The Morgan fingerprint density at radius 2 is 1.77 bits per heavy atom. The lowest BCUT2D eigenvalue weighted by Gasteiger charge is -2.11. The van der Waals surface area contributed by atoms with Crippen molar-refractivity contribution >= 4 is 23.4 Å². The van der Waals surface area contributed by atoms with E-state index in [1.165, 1.54) is 18.2 Å². The molecule has 0 aliphatic rings. The van der Waals surface area contributed by atoms with E-state index >= 15 is 0 Å². The molecule has 0 atom stereocenters. The van der Waals surface area contributed by atoms with Crippen molar-refractivity contribution in [3.8, 4) is 11.4 Å². The van der Waals surface area contributed by atoms with Crippen LogP contribution in [0.1, 0.15) is 32.1 Å². The molecule has 30 heavy (non-hydrogen) atoms. The number of nitrogens with zero attached hydrogens (tertiary/aromatic N) is 1. The molecule has 2 aromatic carbocycles. The van der Waals surface area contributed by atoms with Gasteiger partial charge in [-0.25, -0.2) is 4.79 Å². The molecule has 0 amide bonds. The molecule has 156 valence electrons. The van der Waals surface area contributed by atoms with Crippen molar-refractivity contribution in [2.45, 2.75) is 20.5 Å². The van der Waals surface area contributed by atoms with Crippen LogP contribution in [-0.2, 0) is 4.74 Å². The summed E-state index contributed by atoms with van der Waals surface area (Å²) in [7, 11) is 0. The molecule has 1 heterocycles. The van der Waals surface area contributed by atoms with E-state index in [2.05, 4.69) is 4.74 Å². The number of carbonyl (C=O) groups is 2. The second-order valence-corrected chi connectivity index (χ2v) is 6.94. The summed E-state index contributed by atoms with van der Waals surface area (Å²) in [5.41, 5.74) is 2.74. The van der Waals surface area contributed by atoms with Crippen LogP contribution in [0.2, 0.25) is 5.02 Å². The zero-order valence-electron chi connectivity index (χ0n) is 16.2. The highest BCUT2D eigenvalue weighted by molar-refractivity contribution is 6.30. The maximum Gasteiger partial charge on any atom is 0.387 e. The number of rotatable bonds is 7. The smallest absolute Gasteiger partial charge is 0.387 e. The Morgan fingerprint density at radius 1 is 1.07 bits per heavy atom. The van der Waals surface area contributed by atoms with Crippen molar-refractivity contribution < 1.29 is 27.8 Å². The number of esters is 1. The summed E-state index contributed by atoms with van der Waals surface area (Å²) in [6, 6.07) is 14.0. The van der Waals surface area contributed by atoms with Gasteiger partial charge in [0.25, 0.3) is 0 Å². The number of carbonyl (C=O) groups excluding carboxylic acids is 2. The molecule has 3 aromatic rings. The van der Waals surface area contributed by atoms with Gasteiger partial charge >= 0.3 is 12.6 Å². The number of aryl methyl sites for hydroxylation is 1. The molecule has 1 aromatic heterocycles. The lowest BCUT2D eigenvalue weighted by molar-refractivity contribution is -0.0498. The van der Waals surface area contributed by atoms with E-state index < -0.39 is 19.2 Å². The van der Waals surface area contributed by atoms with Crippen molar-refractivity contribution in [1.29, 1.82) is 0 Å². The molecule has 0 bridgehead atoms. The summed E-state index contributed by atoms with van der Waals surface area (Å²) in [6.07, 6.45) is 0. The second-order valence-electron chi connectivity index (χ2n) is 6.50. The fourth-order valence-electron chi connectivity index (χ4n) is 3.13. The minimum Gasteiger partial charge on any atom is -0.454 e. The van der Waals surface area contributed by atoms with Crippen molar-refractivity contribution in [3.63, 3.8) is 0 Å². The van der Waals surface area contributed by atoms with Gasteiger partial charge in [0.1, 0.15) is 5.75 Å². The molecule has 5 nitrogen and oxygen atoms in total. The molecule has 0 spiro atoms. The first-order valence-electron chi connectivity index (χ1n) is 8.96. The second kappa shape index (κ2) is 9.09. The van der Waals surface area contributed by atoms with E-state index in [0.717, 1.165) is 5.69 Å². The van der Waals surface area contributed by atoms with Gasteiger partial charge in [0.05, 0.1) is 5.56 Å². The Hall–Kier alpha value is -3.19. The van der Waals surface area contributed by atoms with Crippen LogP contribution in [0.15, 0.2) is 54.6 Å². The number of ether oxygens (including phenoxy) is 2. The normalized spacial score (nSPS) is 10.9. The first-order valence-corrected chi connectivity index (χ1v) is 9.34. The van der Waals surface area contributed by atoms with E-state index in [1.807, 2.05) is 6.92 Å².